The van der Waals surface area contributed by atoms with Crippen molar-refractivity contribution < 1.29 is 9.21 Å². The molecule has 1 aliphatic carbocycles. The number of hydrogen-bond acceptors (Lipinski definition) is 6. The van der Waals surface area contributed by atoms with Gasteiger partial charge in [0.1, 0.15) is 18.1 Å². The second-order valence-electron chi connectivity index (χ2n) is 8.29. The normalized spacial score (nSPS) is 22.6. The summed E-state index contributed by atoms with van der Waals surface area (Å²) in [5.74, 6) is 2.91. The summed E-state index contributed by atoms with van der Waals surface area (Å²) in [6.07, 6.45) is 18.1. The Morgan fingerprint density at radius 1 is 1.13 bits per heavy atom. The average Bonchev–Trinajstić information content (AvgIpc) is 3.53. The molecule has 1 saturated carbocycles. The van der Waals surface area contributed by atoms with Crippen molar-refractivity contribution in [3.8, 4) is 11.7 Å². The Morgan fingerprint density at radius 3 is 2.68 bits per heavy atom. The van der Waals surface area contributed by atoms with E-state index in [1.165, 1.54) is 12.8 Å². The van der Waals surface area contributed by atoms with Gasteiger partial charge in [0.2, 0.25) is 11.7 Å². The number of aliphatic imine (C=N–C) groups is 1. The number of carbonyl (C=O) groups is 1. The third-order valence-corrected chi connectivity index (χ3v) is 6.45. The van der Waals surface area contributed by atoms with Crippen molar-refractivity contribution in [2.45, 2.75) is 64.0 Å². The number of fused-ring (bicyclic) bond motifs is 1. The highest BCUT2D eigenvalue weighted by molar-refractivity contribution is 6.09. The molecule has 8 nitrogen and oxygen atoms in total. The van der Waals surface area contributed by atoms with Crippen LogP contribution in [-0.4, -0.2) is 55.2 Å². The molecule has 0 spiro atoms. The van der Waals surface area contributed by atoms with Crippen LogP contribution in [0.25, 0.3) is 17.5 Å². The smallest absolute Gasteiger partial charge is 0.263 e. The Labute approximate surface area is 182 Å². The Hall–Kier alpha value is -3.16. The number of allylic oxidation sites excluding steroid dienone is 2. The van der Waals surface area contributed by atoms with E-state index in [4.69, 9.17) is 9.41 Å². The number of oxazole rings is 1. The van der Waals surface area contributed by atoms with Gasteiger partial charge < -0.3 is 14.2 Å². The number of rotatable bonds is 4. The molecule has 8 heteroatoms. The summed E-state index contributed by atoms with van der Waals surface area (Å²) >= 11 is 0. The largest absolute Gasteiger partial charge is 0.442 e. The molecule has 0 N–H and O–H groups in total. The standard InChI is InChI=1S/C23H28N6O2/c1-3-17-23(30)27(2)18-10-6-7-11-19(26-20(18)29(17)16-8-4-5-9-16)28-14-12-24-21(28)22-25-13-15-31-22/h10-17H,3-9H2,1-2H3. The van der Waals surface area contributed by atoms with Crippen LogP contribution in [0.1, 0.15) is 51.9 Å². The van der Waals surface area contributed by atoms with Crippen molar-refractivity contribution in [2.75, 3.05) is 7.05 Å². The van der Waals surface area contributed by atoms with E-state index in [1.807, 2.05) is 17.8 Å². The monoisotopic (exact) mass is 420 g/mol. The van der Waals surface area contributed by atoms with Gasteiger partial charge in [-0.25, -0.2) is 15.0 Å². The maximum atomic E-state index is 13.2. The van der Waals surface area contributed by atoms with E-state index in [2.05, 4.69) is 33.9 Å². The van der Waals surface area contributed by atoms with Crippen LogP contribution >= 0.6 is 0 Å². The molecule has 0 radical (unpaired) electrons. The molecular weight excluding hydrogens is 392 g/mol. The number of hydrogen-bond donors (Lipinski definition) is 0. The number of piperazine rings is 1. The minimum atomic E-state index is -0.182. The van der Waals surface area contributed by atoms with Gasteiger partial charge in [0.15, 0.2) is 5.84 Å². The number of nitrogens with zero attached hydrogens (tertiary/aromatic N) is 6. The number of amides is 1. The zero-order valence-electron chi connectivity index (χ0n) is 18.1. The summed E-state index contributed by atoms with van der Waals surface area (Å²) in [7, 11) is 1.87. The quantitative estimate of drug-likeness (QED) is 0.749. The summed E-state index contributed by atoms with van der Waals surface area (Å²) in [6, 6.07) is 0.165. The topological polar surface area (TPSA) is 79.8 Å². The van der Waals surface area contributed by atoms with E-state index in [9.17, 15) is 4.79 Å². The first kappa shape index (κ1) is 19.8. The van der Waals surface area contributed by atoms with Gasteiger partial charge in [-0.1, -0.05) is 25.8 Å². The van der Waals surface area contributed by atoms with Crippen molar-refractivity contribution in [1.29, 1.82) is 0 Å². The predicted octanol–water partition coefficient (Wildman–Crippen LogP) is 3.91. The molecule has 1 unspecified atom stereocenters. The molecule has 2 aromatic rings. The maximum absolute atomic E-state index is 13.2. The van der Waals surface area contributed by atoms with E-state index in [-0.39, 0.29) is 11.9 Å². The van der Waals surface area contributed by atoms with E-state index < -0.39 is 0 Å². The molecule has 0 aromatic carbocycles. The fourth-order valence-electron chi connectivity index (χ4n) is 4.93. The Balaban J connectivity index is 1.64. The highest BCUT2D eigenvalue weighted by Gasteiger charge is 2.43. The van der Waals surface area contributed by atoms with Crippen LogP contribution in [0.5, 0.6) is 0 Å². The lowest BCUT2D eigenvalue weighted by Crippen LogP contribution is -2.60. The van der Waals surface area contributed by atoms with Gasteiger partial charge in [-0.05, 0) is 38.2 Å². The van der Waals surface area contributed by atoms with Crippen molar-refractivity contribution in [2.24, 2.45) is 4.99 Å². The fraction of sp³-hybridized carbons (Fsp3) is 0.478. The third-order valence-electron chi connectivity index (χ3n) is 6.45. The molecule has 2 fully saturated rings. The number of carbonyl (C=O) groups excluding carboxylic acids is 1. The minimum Gasteiger partial charge on any atom is -0.442 e. The molecule has 0 bridgehead atoms. The van der Waals surface area contributed by atoms with E-state index in [0.717, 1.165) is 49.5 Å². The first-order valence-corrected chi connectivity index (χ1v) is 11.2. The van der Waals surface area contributed by atoms with Crippen molar-refractivity contribution in [3.05, 3.63) is 42.7 Å². The molecule has 5 rings (SSSR count). The summed E-state index contributed by atoms with van der Waals surface area (Å²) in [5, 5.41) is 0. The van der Waals surface area contributed by atoms with Crippen LogP contribution in [0.2, 0.25) is 0 Å². The molecule has 4 heterocycles. The highest BCUT2D eigenvalue weighted by Crippen LogP contribution is 2.34. The van der Waals surface area contributed by atoms with Crippen molar-refractivity contribution in [3.63, 3.8) is 0 Å². The number of amidine groups is 1. The van der Waals surface area contributed by atoms with Gasteiger partial charge >= 0.3 is 0 Å². The molecule has 3 aliphatic rings. The predicted molar refractivity (Wildman–Crippen MR) is 118 cm³/mol. The van der Waals surface area contributed by atoms with Gasteiger partial charge in [-0.2, -0.15) is 0 Å². The van der Waals surface area contributed by atoms with Crippen molar-refractivity contribution >= 4 is 17.6 Å². The number of imidazole rings is 1. The number of likely N-dealkylation sites (N-methyl/N-ethyl adjacent to an activating group) is 1. The van der Waals surface area contributed by atoms with Gasteiger partial charge in [-0.15, -0.1) is 0 Å². The van der Waals surface area contributed by atoms with Gasteiger partial charge in [0.05, 0.1) is 11.9 Å². The first-order chi connectivity index (χ1) is 15.2. The molecule has 1 amide bonds. The lowest BCUT2D eigenvalue weighted by atomic mass is 10.0. The lowest BCUT2D eigenvalue weighted by molar-refractivity contribution is -0.134. The molecule has 2 aromatic heterocycles. The molecule has 1 saturated heterocycles. The van der Waals surface area contributed by atoms with Crippen LogP contribution < -0.4 is 0 Å². The second-order valence-corrected chi connectivity index (χ2v) is 8.29. The van der Waals surface area contributed by atoms with Crippen LogP contribution in [0.4, 0.5) is 0 Å². The zero-order chi connectivity index (χ0) is 21.4. The van der Waals surface area contributed by atoms with E-state index in [0.29, 0.717) is 17.8 Å². The SMILES string of the molecule is CCC1C(=O)N(C)C2=CCCC=C(n3ccnc3-c3ncco3)N=C2N1C1CCCC1. The van der Waals surface area contributed by atoms with Crippen molar-refractivity contribution in [1.82, 2.24) is 24.3 Å². The molecule has 31 heavy (non-hydrogen) atoms. The molecule has 162 valence electrons. The summed E-state index contributed by atoms with van der Waals surface area (Å²) in [6.45, 7) is 2.09. The Bertz CT molecular complexity index is 1040. The Morgan fingerprint density at radius 2 is 1.94 bits per heavy atom. The van der Waals surface area contributed by atoms with Crippen LogP contribution in [-0.2, 0) is 4.79 Å². The highest BCUT2D eigenvalue weighted by atomic mass is 16.3. The molecular formula is C23H28N6O2. The number of aromatic nitrogens is 3. The minimum absolute atomic E-state index is 0.161. The third kappa shape index (κ3) is 3.40. The molecule has 2 aliphatic heterocycles. The van der Waals surface area contributed by atoms with Gasteiger partial charge in [0.25, 0.3) is 5.89 Å². The second kappa shape index (κ2) is 8.17. The average molecular weight is 421 g/mol. The first-order valence-electron chi connectivity index (χ1n) is 11.2. The van der Waals surface area contributed by atoms with Crippen LogP contribution in [0, 0.1) is 0 Å². The van der Waals surface area contributed by atoms with E-state index >= 15 is 0 Å². The summed E-state index contributed by atoms with van der Waals surface area (Å²) in [4.78, 5) is 31.2. The maximum Gasteiger partial charge on any atom is 0.263 e. The summed E-state index contributed by atoms with van der Waals surface area (Å²) in [5.41, 5.74) is 0.907. The summed E-state index contributed by atoms with van der Waals surface area (Å²) < 4.78 is 7.42. The van der Waals surface area contributed by atoms with Crippen LogP contribution in [0.3, 0.4) is 0 Å². The van der Waals surface area contributed by atoms with Gasteiger partial charge in [0, 0.05) is 25.5 Å². The van der Waals surface area contributed by atoms with Gasteiger partial charge in [-0.3, -0.25) is 9.36 Å². The lowest BCUT2D eigenvalue weighted by Gasteiger charge is -2.45. The zero-order valence-corrected chi connectivity index (χ0v) is 18.1. The van der Waals surface area contributed by atoms with Crippen LogP contribution in [0.15, 0.2) is 52.1 Å². The fourth-order valence-corrected chi connectivity index (χ4v) is 4.93. The molecule has 1 atom stereocenters. The van der Waals surface area contributed by atoms with E-state index in [1.54, 1.807) is 23.6 Å². The Kier molecular flexibility index (Phi) is 5.21.